The van der Waals surface area contributed by atoms with Crippen molar-refractivity contribution in [3.63, 3.8) is 0 Å². The molecule has 0 aliphatic carbocycles. The van der Waals surface area contributed by atoms with Crippen LogP contribution in [0, 0.1) is 0 Å². The molecule has 1 rings (SSSR count). The quantitative estimate of drug-likeness (QED) is 0.325. The summed E-state index contributed by atoms with van der Waals surface area (Å²) in [7, 11) is 3.24. The van der Waals surface area contributed by atoms with Gasteiger partial charge in [0.05, 0.1) is 13.7 Å². The summed E-state index contributed by atoms with van der Waals surface area (Å²) in [6.07, 6.45) is 3.87. The van der Waals surface area contributed by atoms with Crippen LogP contribution in [-0.2, 0) is 9.53 Å². The molecular weight excluding hydrogens is 384 g/mol. The number of carbonyl (C=O) groups excluding carboxylic acids is 2. The molecule has 1 aromatic rings. The maximum Gasteiger partial charge on any atom is 0.254 e. The van der Waals surface area contributed by atoms with E-state index in [9.17, 15) is 9.59 Å². The molecule has 0 aliphatic heterocycles. The van der Waals surface area contributed by atoms with Crippen LogP contribution in [0.5, 0.6) is 11.5 Å². The monoisotopic (exact) mass is 422 g/mol. The molecule has 1 amide bonds. The Bertz CT molecular complexity index is 636. The number of aldehydes is 1. The zero-order chi connectivity index (χ0) is 22.4. The van der Waals surface area contributed by atoms with Gasteiger partial charge in [0, 0.05) is 50.8 Å². The van der Waals surface area contributed by atoms with Gasteiger partial charge in [-0.05, 0) is 51.4 Å². The van der Waals surface area contributed by atoms with Crippen molar-refractivity contribution in [1.29, 1.82) is 0 Å². The largest absolute Gasteiger partial charge is 0.493 e. The average molecular weight is 423 g/mol. The predicted molar refractivity (Wildman–Crippen MR) is 119 cm³/mol. The maximum absolute atomic E-state index is 13.2. The van der Waals surface area contributed by atoms with Crippen LogP contribution in [-0.4, -0.2) is 69.7 Å². The van der Waals surface area contributed by atoms with E-state index in [1.165, 1.54) is 0 Å². The lowest BCUT2D eigenvalue weighted by Crippen LogP contribution is -2.38. The van der Waals surface area contributed by atoms with Gasteiger partial charge < -0.3 is 29.2 Å². The SMILES string of the molecule is CCN[C@@H](CC=O)CCCN(C(=O)c1ccc(OC)c(OCCCOC)c1)C(C)C. The second kappa shape index (κ2) is 14.8. The summed E-state index contributed by atoms with van der Waals surface area (Å²) in [5.41, 5.74) is 0.572. The molecule has 0 unspecified atom stereocenters. The highest BCUT2D eigenvalue weighted by molar-refractivity contribution is 5.95. The third kappa shape index (κ3) is 8.71. The number of nitrogens with one attached hydrogen (secondary N) is 1. The fraction of sp³-hybridized carbons (Fsp3) is 0.652. The molecule has 0 heterocycles. The summed E-state index contributed by atoms with van der Waals surface area (Å²) in [6, 6.07) is 5.51. The minimum Gasteiger partial charge on any atom is -0.493 e. The van der Waals surface area contributed by atoms with Crippen molar-refractivity contribution in [3.05, 3.63) is 23.8 Å². The fourth-order valence-corrected chi connectivity index (χ4v) is 3.28. The zero-order valence-electron chi connectivity index (χ0n) is 19.1. The van der Waals surface area contributed by atoms with Gasteiger partial charge >= 0.3 is 0 Å². The molecule has 0 aromatic heterocycles. The first-order chi connectivity index (χ1) is 14.5. The van der Waals surface area contributed by atoms with Crippen molar-refractivity contribution in [2.75, 3.05) is 40.5 Å². The third-order valence-electron chi connectivity index (χ3n) is 4.87. The summed E-state index contributed by atoms with van der Waals surface area (Å²) in [5, 5.41) is 3.32. The average Bonchev–Trinajstić information content (AvgIpc) is 2.73. The molecule has 0 fully saturated rings. The Balaban J connectivity index is 2.83. The molecule has 7 nitrogen and oxygen atoms in total. The lowest BCUT2D eigenvalue weighted by atomic mass is 10.1. The predicted octanol–water partition coefficient (Wildman–Crippen LogP) is 3.31. The van der Waals surface area contributed by atoms with E-state index in [1.54, 1.807) is 32.4 Å². The first kappa shape index (κ1) is 25.9. The van der Waals surface area contributed by atoms with Gasteiger partial charge in [-0.1, -0.05) is 6.92 Å². The molecule has 7 heteroatoms. The maximum atomic E-state index is 13.2. The van der Waals surface area contributed by atoms with Gasteiger partial charge in [-0.2, -0.15) is 0 Å². The summed E-state index contributed by atoms with van der Waals surface area (Å²) in [4.78, 5) is 25.9. The second-order valence-electron chi connectivity index (χ2n) is 7.45. The molecule has 0 saturated carbocycles. The van der Waals surface area contributed by atoms with Crippen molar-refractivity contribution in [1.82, 2.24) is 10.2 Å². The molecule has 30 heavy (non-hydrogen) atoms. The number of ether oxygens (including phenoxy) is 3. The number of methoxy groups -OCH3 is 2. The van der Waals surface area contributed by atoms with E-state index >= 15 is 0 Å². The molecule has 1 atom stereocenters. The Morgan fingerprint density at radius 1 is 1.17 bits per heavy atom. The van der Waals surface area contributed by atoms with Crippen LogP contribution in [0.25, 0.3) is 0 Å². The van der Waals surface area contributed by atoms with E-state index in [1.807, 2.05) is 25.7 Å². The van der Waals surface area contributed by atoms with Crippen LogP contribution < -0.4 is 14.8 Å². The third-order valence-corrected chi connectivity index (χ3v) is 4.87. The minimum atomic E-state index is -0.0372. The van der Waals surface area contributed by atoms with Crippen molar-refractivity contribution >= 4 is 12.2 Å². The van der Waals surface area contributed by atoms with Gasteiger partial charge in [0.1, 0.15) is 6.29 Å². The standard InChI is InChI=1S/C23H38N2O5/c1-6-24-20(12-14-26)9-7-13-25(18(2)3)23(27)19-10-11-21(29-5)22(17-19)30-16-8-15-28-4/h10-11,14,17-18,20,24H,6-9,12-13,15-16H2,1-5H3/t20-/m1/s1. The van der Waals surface area contributed by atoms with Gasteiger partial charge in [0.25, 0.3) is 5.91 Å². The van der Waals surface area contributed by atoms with Gasteiger partial charge in [-0.25, -0.2) is 0 Å². The van der Waals surface area contributed by atoms with Crippen LogP contribution in [0.15, 0.2) is 18.2 Å². The van der Waals surface area contributed by atoms with E-state index in [0.717, 1.165) is 32.1 Å². The van der Waals surface area contributed by atoms with Gasteiger partial charge in [0.2, 0.25) is 0 Å². The highest BCUT2D eigenvalue weighted by Gasteiger charge is 2.21. The van der Waals surface area contributed by atoms with Crippen molar-refractivity contribution in [3.8, 4) is 11.5 Å². The van der Waals surface area contributed by atoms with E-state index in [2.05, 4.69) is 5.32 Å². The fourth-order valence-electron chi connectivity index (χ4n) is 3.28. The highest BCUT2D eigenvalue weighted by atomic mass is 16.5. The van der Waals surface area contributed by atoms with Crippen molar-refractivity contribution in [2.24, 2.45) is 0 Å². The van der Waals surface area contributed by atoms with Crippen LogP contribution >= 0.6 is 0 Å². The summed E-state index contributed by atoms with van der Waals surface area (Å²) < 4.78 is 16.2. The Kier molecular flexibility index (Phi) is 12.8. The van der Waals surface area contributed by atoms with Gasteiger partial charge in [-0.15, -0.1) is 0 Å². The van der Waals surface area contributed by atoms with Gasteiger partial charge in [0.15, 0.2) is 11.5 Å². The smallest absolute Gasteiger partial charge is 0.254 e. The zero-order valence-corrected chi connectivity index (χ0v) is 19.1. The molecule has 1 N–H and O–H groups in total. The Morgan fingerprint density at radius 2 is 1.93 bits per heavy atom. The lowest BCUT2D eigenvalue weighted by Gasteiger charge is -2.28. The summed E-state index contributed by atoms with van der Waals surface area (Å²) in [5.74, 6) is 1.12. The molecule has 0 spiro atoms. The van der Waals surface area contributed by atoms with E-state index in [-0.39, 0.29) is 18.0 Å². The van der Waals surface area contributed by atoms with Crippen LogP contribution in [0.2, 0.25) is 0 Å². The highest BCUT2D eigenvalue weighted by Crippen LogP contribution is 2.29. The Morgan fingerprint density at radius 3 is 2.53 bits per heavy atom. The number of amides is 1. The van der Waals surface area contributed by atoms with Gasteiger partial charge in [-0.3, -0.25) is 4.79 Å². The number of carbonyl (C=O) groups is 2. The number of nitrogens with zero attached hydrogens (tertiary/aromatic N) is 1. The number of rotatable bonds is 16. The molecule has 0 aliphatic rings. The van der Waals surface area contributed by atoms with Crippen molar-refractivity contribution in [2.45, 2.75) is 58.5 Å². The summed E-state index contributed by atoms with van der Waals surface area (Å²) in [6.45, 7) is 8.60. The lowest BCUT2D eigenvalue weighted by molar-refractivity contribution is -0.108. The number of hydrogen-bond donors (Lipinski definition) is 1. The first-order valence-corrected chi connectivity index (χ1v) is 10.8. The van der Waals surface area contributed by atoms with Crippen LogP contribution in [0.4, 0.5) is 0 Å². The number of hydrogen-bond acceptors (Lipinski definition) is 6. The summed E-state index contributed by atoms with van der Waals surface area (Å²) >= 11 is 0. The molecule has 0 saturated heterocycles. The molecule has 0 bridgehead atoms. The molecule has 0 radical (unpaired) electrons. The molecular formula is C23H38N2O5. The molecule has 170 valence electrons. The Hall–Kier alpha value is -2.12. The normalized spacial score (nSPS) is 11.9. The van der Waals surface area contributed by atoms with E-state index in [4.69, 9.17) is 14.2 Å². The van der Waals surface area contributed by atoms with Crippen LogP contribution in [0.3, 0.4) is 0 Å². The Labute approximate surface area is 181 Å². The van der Waals surface area contributed by atoms with E-state index in [0.29, 0.717) is 43.2 Å². The van der Waals surface area contributed by atoms with Crippen LogP contribution in [0.1, 0.15) is 56.8 Å². The topological polar surface area (TPSA) is 77.1 Å². The van der Waals surface area contributed by atoms with Crippen molar-refractivity contribution < 1.29 is 23.8 Å². The second-order valence-corrected chi connectivity index (χ2v) is 7.45. The van der Waals surface area contributed by atoms with E-state index < -0.39 is 0 Å². The minimum absolute atomic E-state index is 0.0372. The first-order valence-electron chi connectivity index (χ1n) is 10.8. The number of benzene rings is 1. The molecule has 1 aromatic carbocycles.